The molecule has 1 atom stereocenters. The van der Waals surface area contributed by atoms with Crippen molar-refractivity contribution in [2.75, 3.05) is 43.1 Å². The summed E-state index contributed by atoms with van der Waals surface area (Å²) in [5.41, 5.74) is 1.08. The monoisotopic (exact) mass is 535 g/mol. The summed E-state index contributed by atoms with van der Waals surface area (Å²) in [7, 11) is -3.14. The van der Waals surface area contributed by atoms with Gasteiger partial charge in [-0.25, -0.2) is 12.8 Å². The van der Waals surface area contributed by atoms with Crippen LogP contribution < -0.4 is 15.4 Å². The predicted molar refractivity (Wildman–Crippen MR) is 134 cm³/mol. The highest BCUT2D eigenvalue weighted by molar-refractivity contribution is 7.91. The van der Waals surface area contributed by atoms with E-state index in [0.29, 0.717) is 56.3 Å². The number of nitrogens with zero attached hydrogens (tertiary/aromatic N) is 1. The van der Waals surface area contributed by atoms with Gasteiger partial charge >= 0.3 is 0 Å². The van der Waals surface area contributed by atoms with Crippen LogP contribution in [0.15, 0.2) is 36.4 Å². The molecule has 2 saturated heterocycles. The van der Waals surface area contributed by atoms with E-state index in [1.807, 2.05) is 12.1 Å². The Morgan fingerprint density at radius 3 is 2.69 bits per heavy atom. The maximum absolute atomic E-state index is 14.5. The number of nitrogens with one attached hydrogen (secondary N) is 2. The minimum atomic E-state index is -3.14. The lowest BCUT2D eigenvalue weighted by Crippen LogP contribution is -2.47. The highest BCUT2D eigenvalue weighted by atomic mass is 35.5. The lowest BCUT2D eigenvalue weighted by molar-refractivity contribution is -0.122. The van der Waals surface area contributed by atoms with E-state index >= 15 is 0 Å². The summed E-state index contributed by atoms with van der Waals surface area (Å²) in [6.07, 6.45) is 1.68. The van der Waals surface area contributed by atoms with E-state index < -0.39 is 33.0 Å². The van der Waals surface area contributed by atoms with Gasteiger partial charge in [-0.3, -0.25) is 14.5 Å². The lowest BCUT2D eigenvalue weighted by atomic mass is 9.73. The average Bonchev–Trinajstić information content (AvgIpc) is 3.30. The second-order valence-corrected chi connectivity index (χ2v) is 12.3. The van der Waals surface area contributed by atoms with E-state index in [4.69, 9.17) is 16.3 Å². The third-order valence-corrected chi connectivity index (χ3v) is 9.32. The van der Waals surface area contributed by atoms with Crippen LogP contribution in [0.25, 0.3) is 0 Å². The van der Waals surface area contributed by atoms with Crippen molar-refractivity contribution >= 4 is 38.9 Å². The van der Waals surface area contributed by atoms with Gasteiger partial charge in [0.15, 0.2) is 9.84 Å². The topological polar surface area (TPSA) is 105 Å². The van der Waals surface area contributed by atoms with E-state index in [9.17, 15) is 22.4 Å². The van der Waals surface area contributed by atoms with Crippen molar-refractivity contribution < 1.29 is 27.1 Å². The van der Waals surface area contributed by atoms with Crippen molar-refractivity contribution in [1.82, 2.24) is 10.2 Å². The van der Waals surface area contributed by atoms with Crippen LogP contribution in [0.2, 0.25) is 5.02 Å². The molecule has 3 heterocycles. The Bertz CT molecular complexity index is 1310. The highest BCUT2D eigenvalue weighted by Gasteiger charge is 2.48. The summed E-state index contributed by atoms with van der Waals surface area (Å²) in [6.45, 7) is 2.37. The van der Waals surface area contributed by atoms with Crippen molar-refractivity contribution in [2.24, 2.45) is 0 Å². The number of carbonyl (C=O) groups excluding carboxylic acids is 2. The van der Waals surface area contributed by atoms with Crippen molar-refractivity contribution in [3.63, 3.8) is 0 Å². The summed E-state index contributed by atoms with van der Waals surface area (Å²) in [5.74, 6) is -1.13. The highest BCUT2D eigenvalue weighted by Crippen LogP contribution is 2.45. The Morgan fingerprint density at radius 2 is 2.00 bits per heavy atom. The number of anilines is 1. The molecule has 3 aliphatic rings. The van der Waals surface area contributed by atoms with Gasteiger partial charge in [0.05, 0.1) is 22.5 Å². The van der Waals surface area contributed by atoms with Crippen molar-refractivity contribution in [1.29, 1.82) is 0 Å². The first-order valence-corrected chi connectivity index (χ1v) is 14.1. The third-order valence-electron chi connectivity index (χ3n) is 7.32. The van der Waals surface area contributed by atoms with Gasteiger partial charge in [-0.05, 0) is 68.2 Å². The van der Waals surface area contributed by atoms with E-state index in [1.165, 1.54) is 12.1 Å². The number of rotatable bonds is 6. The van der Waals surface area contributed by atoms with Crippen molar-refractivity contribution in [3.05, 3.63) is 58.4 Å². The Hall–Kier alpha value is -2.69. The Morgan fingerprint density at radius 1 is 1.22 bits per heavy atom. The molecular formula is C25H27ClFN3O5S. The molecule has 0 radical (unpaired) electrons. The maximum Gasteiger partial charge on any atom is 0.254 e. The summed E-state index contributed by atoms with van der Waals surface area (Å²) < 4.78 is 43.4. The number of amides is 2. The molecule has 0 aliphatic carbocycles. The van der Waals surface area contributed by atoms with Gasteiger partial charge < -0.3 is 15.4 Å². The van der Waals surface area contributed by atoms with E-state index in [-0.39, 0.29) is 23.0 Å². The third kappa shape index (κ3) is 4.94. The quantitative estimate of drug-likeness (QED) is 0.589. The molecule has 0 bridgehead atoms. The standard InChI is InChI=1S/C25H27ClFN3O5S/c26-16-1-4-22-20(13-16)25(24(32)29-22)6-8-30(9-7-25)10-11-35-18-2-3-19(21(27)14-18)23(31)28-17-5-12-36(33,34)15-17/h1-4,13-14,17H,5-12,15H2,(H,28,31)(H,29,32)/t17-/m0/s1. The molecule has 1 spiro atoms. The Labute approximate surface area is 214 Å². The molecule has 0 saturated carbocycles. The largest absolute Gasteiger partial charge is 0.492 e. The molecule has 3 aliphatic heterocycles. The van der Waals surface area contributed by atoms with Gasteiger partial charge in [0.1, 0.15) is 18.2 Å². The first kappa shape index (κ1) is 25.0. The minimum absolute atomic E-state index is 0.0184. The average molecular weight is 536 g/mol. The SMILES string of the molecule is O=C(N[C@H]1CCS(=O)(=O)C1)c1ccc(OCCN2CCC3(CC2)C(=O)Nc2ccc(Cl)cc23)cc1F. The zero-order valence-corrected chi connectivity index (χ0v) is 21.1. The van der Waals surface area contributed by atoms with Gasteiger partial charge in [-0.1, -0.05) is 11.6 Å². The van der Waals surface area contributed by atoms with E-state index in [0.717, 1.165) is 17.3 Å². The fraction of sp³-hybridized carbons (Fsp3) is 0.440. The van der Waals surface area contributed by atoms with Gasteiger partial charge in [0.25, 0.3) is 5.91 Å². The van der Waals surface area contributed by atoms with Crippen LogP contribution >= 0.6 is 11.6 Å². The van der Waals surface area contributed by atoms with Gasteiger partial charge in [0.2, 0.25) is 5.91 Å². The predicted octanol–water partition coefficient (Wildman–Crippen LogP) is 2.76. The molecular weight excluding hydrogens is 509 g/mol. The van der Waals surface area contributed by atoms with Crippen LogP contribution in [0, 0.1) is 5.82 Å². The smallest absolute Gasteiger partial charge is 0.254 e. The van der Waals surface area contributed by atoms with Gasteiger partial charge in [-0.2, -0.15) is 0 Å². The van der Waals surface area contributed by atoms with Gasteiger partial charge in [-0.15, -0.1) is 0 Å². The molecule has 2 amide bonds. The Kier molecular flexibility index (Phi) is 6.69. The fourth-order valence-electron chi connectivity index (χ4n) is 5.27. The van der Waals surface area contributed by atoms with Crippen LogP contribution in [0.1, 0.15) is 35.2 Å². The number of ether oxygens (including phenoxy) is 1. The van der Waals surface area contributed by atoms with Crippen LogP contribution in [-0.4, -0.2) is 68.9 Å². The van der Waals surface area contributed by atoms with E-state index in [2.05, 4.69) is 15.5 Å². The number of hydrogen-bond donors (Lipinski definition) is 2. The second-order valence-electron chi connectivity index (χ2n) is 9.63. The molecule has 36 heavy (non-hydrogen) atoms. The normalized spacial score (nSPS) is 22.3. The number of sulfone groups is 1. The van der Waals surface area contributed by atoms with Crippen LogP contribution in [-0.2, 0) is 20.0 Å². The number of carbonyl (C=O) groups is 2. The zero-order chi connectivity index (χ0) is 25.5. The van der Waals surface area contributed by atoms with Crippen molar-refractivity contribution in [2.45, 2.75) is 30.7 Å². The maximum atomic E-state index is 14.5. The summed E-state index contributed by atoms with van der Waals surface area (Å²) in [4.78, 5) is 27.3. The zero-order valence-electron chi connectivity index (χ0n) is 19.6. The van der Waals surface area contributed by atoms with Gasteiger partial charge in [0, 0.05) is 29.4 Å². The fourth-order valence-corrected chi connectivity index (χ4v) is 7.12. The molecule has 0 aromatic heterocycles. The van der Waals surface area contributed by atoms with Crippen LogP contribution in [0.4, 0.5) is 10.1 Å². The molecule has 8 nitrogen and oxygen atoms in total. The first-order valence-electron chi connectivity index (χ1n) is 11.9. The van der Waals surface area contributed by atoms with Crippen molar-refractivity contribution in [3.8, 4) is 5.75 Å². The Balaban J connectivity index is 1.12. The minimum Gasteiger partial charge on any atom is -0.492 e. The molecule has 2 aromatic rings. The first-order chi connectivity index (χ1) is 17.1. The molecule has 5 rings (SSSR count). The molecule has 2 fully saturated rings. The number of fused-ring (bicyclic) bond motifs is 2. The molecule has 2 aromatic carbocycles. The molecule has 2 N–H and O–H groups in total. The number of likely N-dealkylation sites (tertiary alicyclic amines) is 1. The molecule has 11 heteroatoms. The molecule has 192 valence electrons. The summed E-state index contributed by atoms with van der Waals surface area (Å²) in [5, 5.41) is 6.18. The number of benzene rings is 2. The summed E-state index contributed by atoms with van der Waals surface area (Å²) in [6, 6.07) is 9.03. The van der Waals surface area contributed by atoms with Crippen LogP contribution in [0.3, 0.4) is 0 Å². The van der Waals surface area contributed by atoms with E-state index in [1.54, 1.807) is 6.07 Å². The lowest BCUT2D eigenvalue weighted by Gasteiger charge is -2.37. The second kappa shape index (κ2) is 9.64. The number of hydrogen-bond acceptors (Lipinski definition) is 6. The van der Waals surface area contributed by atoms with Crippen LogP contribution in [0.5, 0.6) is 5.75 Å². The summed E-state index contributed by atoms with van der Waals surface area (Å²) >= 11 is 6.18. The number of piperidine rings is 1. The molecule has 0 unspecified atom stereocenters. The number of halogens is 2.